The van der Waals surface area contributed by atoms with Crippen LogP contribution in [0.3, 0.4) is 0 Å². The largest absolute Gasteiger partial charge is 0.493 e. The van der Waals surface area contributed by atoms with Crippen LogP contribution in [0.1, 0.15) is 29.0 Å². The average molecular weight is 444 g/mol. The number of aromatic nitrogens is 2. The number of thioether (sulfide) groups is 1. The van der Waals surface area contributed by atoms with E-state index in [9.17, 15) is 4.79 Å². The van der Waals surface area contributed by atoms with Crippen LogP contribution in [0, 0.1) is 6.92 Å². The number of carbonyl (C=O) groups is 1. The smallest absolute Gasteiger partial charge is 0.238 e. The standard InChI is InChI=1S/C22H22ClN3O3S/c1-12-18-20(14-8-7-11-17(28-3)19(14)29-4)30-13(2)22(27)24-21(18)26(25-12)16-10-6-5-9-15(16)23/h5-11,13,20H,1-4H3,(H,24,27)/t13-,20-/m0/s1. The summed E-state index contributed by atoms with van der Waals surface area (Å²) in [5.41, 5.74) is 3.36. The van der Waals surface area contributed by atoms with E-state index in [1.54, 1.807) is 36.7 Å². The fraction of sp³-hybridized carbons (Fsp3) is 0.273. The Morgan fingerprint density at radius 1 is 1.13 bits per heavy atom. The second kappa shape index (κ2) is 8.24. The summed E-state index contributed by atoms with van der Waals surface area (Å²) in [6.07, 6.45) is 0. The highest BCUT2D eigenvalue weighted by Crippen LogP contribution is 2.50. The van der Waals surface area contributed by atoms with Crippen molar-refractivity contribution in [1.29, 1.82) is 0 Å². The molecule has 0 saturated heterocycles. The maximum Gasteiger partial charge on any atom is 0.238 e. The van der Waals surface area contributed by atoms with Gasteiger partial charge in [-0.05, 0) is 32.0 Å². The van der Waals surface area contributed by atoms with Gasteiger partial charge in [-0.25, -0.2) is 4.68 Å². The van der Waals surface area contributed by atoms with Crippen molar-refractivity contribution >= 4 is 35.1 Å². The summed E-state index contributed by atoms with van der Waals surface area (Å²) in [5, 5.41) is 7.88. The minimum atomic E-state index is -0.280. The third kappa shape index (κ3) is 3.42. The van der Waals surface area contributed by atoms with Crippen LogP contribution in [0.5, 0.6) is 11.5 Å². The summed E-state index contributed by atoms with van der Waals surface area (Å²) in [5.74, 6) is 1.83. The van der Waals surface area contributed by atoms with Gasteiger partial charge in [-0.2, -0.15) is 5.10 Å². The van der Waals surface area contributed by atoms with Crippen molar-refractivity contribution in [3.05, 3.63) is 64.3 Å². The normalized spacial score (nSPS) is 18.4. The minimum absolute atomic E-state index is 0.0844. The highest BCUT2D eigenvalue weighted by molar-refractivity contribution is 8.01. The first kappa shape index (κ1) is 20.6. The Labute approximate surface area is 184 Å². The van der Waals surface area contributed by atoms with Crippen LogP contribution in [0.15, 0.2) is 42.5 Å². The molecule has 0 radical (unpaired) electrons. The number of methoxy groups -OCH3 is 2. The summed E-state index contributed by atoms with van der Waals surface area (Å²) in [6.45, 7) is 3.84. The lowest BCUT2D eigenvalue weighted by Crippen LogP contribution is -2.22. The molecule has 1 aliphatic rings. The number of aryl methyl sites for hydroxylation is 1. The maximum absolute atomic E-state index is 12.8. The number of carbonyl (C=O) groups excluding carboxylic acids is 1. The lowest BCUT2D eigenvalue weighted by atomic mass is 10.0. The van der Waals surface area contributed by atoms with Gasteiger partial charge in [-0.3, -0.25) is 4.79 Å². The molecule has 0 fully saturated rings. The summed E-state index contributed by atoms with van der Waals surface area (Å²) >= 11 is 7.99. The third-order valence-electron chi connectivity index (χ3n) is 5.12. The van der Waals surface area contributed by atoms with Crippen molar-refractivity contribution in [2.24, 2.45) is 0 Å². The lowest BCUT2D eigenvalue weighted by molar-refractivity contribution is -0.115. The first-order valence-electron chi connectivity index (χ1n) is 9.47. The molecule has 0 spiro atoms. The Morgan fingerprint density at radius 3 is 2.60 bits per heavy atom. The van der Waals surface area contributed by atoms with Crippen molar-refractivity contribution < 1.29 is 14.3 Å². The van der Waals surface area contributed by atoms with Crippen LogP contribution < -0.4 is 14.8 Å². The molecule has 0 unspecified atom stereocenters. The van der Waals surface area contributed by atoms with Crippen LogP contribution in [0.4, 0.5) is 5.82 Å². The van der Waals surface area contributed by atoms with E-state index in [0.29, 0.717) is 28.0 Å². The maximum atomic E-state index is 12.8. The lowest BCUT2D eigenvalue weighted by Gasteiger charge is -2.21. The van der Waals surface area contributed by atoms with E-state index < -0.39 is 0 Å². The van der Waals surface area contributed by atoms with Crippen molar-refractivity contribution in [2.45, 2.75) is 24.3 Å². The molecule has 1 N–H and O–H groups in total. The van der Waals surface area contributed by atoms with E-state index in [0.717, 1.165) is 16.8 Å². The second-order valence-electron chi connectivity index (χ2n) is 6.94. The molecule has 6 nitrogen and oxygen atoms in total. The van der Waals surface area contributed by atoms with Gasteiger partial charge in [0, 0.05) is 11.1 Å². The first-order chi connectivity index (χ1) is 14.5. The molecular formula is C22H22ClN3O3S. The highest BCUT2D eigenvalue weighted by atomic mass is 35.5. The zero-order valence-corrected chi connectivity index (χ0v) is 18.7. The molecule has 3 aromatic rings. The number of hydrogen-bond acceptors (Lipinski definition) is 5. The Hall–Kier alpha value is -2.64. The van der Waals surface area contributed by atoms with Gasteiger partial charge in [0.1, 0.15) is 5.82 Å². The van der Waals surface area contributed by atoms with Crippen LogP contribution in [0.2, 0.25) is 5.02 Å². The van der Waals surface area contributed by atoms with Crippen molar-refractivity contribution in [1.82, 2.24) is 9.78 Å². The molecule has 1 aromatic heterocycles. The van der Waals surface area contributed by atoms with E-state index in [2.05, 4.69) is 5.32 Å². The first-order valence-corrected chi connectivity index (χ1v) is 10.8. The number of rotatable bonds is 4. The number of ether oxygens (including phenoxy) is 2. The van der Waals surface area contributed by atoms with Gasteiger partial charge in [-0.15, -0.1) is 11.8 Å². The molecule has 0 bridgehead atoms. The van der Waals surface area contributed by atoms with Gasteiger partial charge in [0.05, 0.1) is 41.1 Å². The Balaban J connectivity index is 1.97. The van der Waals surface area contributed by atoms with E-state index in [-0.39, 0.29) is 16.4 Å². The number of amides is 1. The molecule has 2 heterocycles. The zero-order valence-electron chi connectivity index (χ0n) is 17.1. The van der Waals surface area contributed by atoms with E-state index >= 15 is 0 Å². The number of nitrogens with zero attached hydrogens (tertiary/aromatic N) is 2. The fourth-order valence-electron chi connectivity index (χ4n) is 3.67. The van der Waals surface area contributed by atoms with Gasteiger partial charge in [0.15, 0.2) is 11.5 Å². The molecule has 2 aromatic carbocycles. The average Bonchev–Trinajstić information content (AvgIpc) is 2.99. The monoisotopic (exact) mass is 443 g/mol. The van der Waals surface area contributed by atoms with Crippen LogP contribution >= 0.6 is 23.4 Å². The van der Waals surface area contributed by atoms with Crippen molar-refractivity contribution in [3.8, 4) is 17.2 Å². The van der Waals surface area contributed by atoms with Gasteiger partial charge in [0.25, 0.3) is 0 Å². The van der Waals surface area contributed by atoms with Crippen LogP contribution in [-0.4, -0.2) is 35.2 Å². The molecule has 8 heteroatoms. The molecule has 0 saturated carbocycles. The van der Waals surface area contributed by atoms with E-state index in [1.165, 1.54) is 0 Å². The Bertz CT molecular complexity index is 1120. The molecule has 156 valence electrons. The number of benzene rings is 2. The van der Waals surface area contributed by atoms with E-state index in [4.69, 9.17) is 26.2 Å². The highest BCUT2D eigenvalue weighted by Gasteiger charge is 2.36. The van der Waals surface area contributed by atoms with Gasteiger partial charge < -0.3 is 14.8 Å². The predicted octanol–water partition coefficient (Wildman–Crippen LogP) is 5.01. The molecule has 1 aliphatic heterocycles. The Morgan fingerprint density at radius 2 is 1.90 bits per heavy atom. The summed E-state index contributed by atoms with van der Waals surface area (Å²) in [7, 11) is 3.23. The fourth-order valence-corrected chi connectivity index (χ4v) is 5.23. The van der Waals surface area contributed by atoms with Gasteiger partial charge in [0.2, 0.25) is 5.91 Å². The molecule has 2 atom stereocenters. The topological polar surface area (TPSA) is 65.4 Å². The summed E-state index contributed by atoms with van der Waals surface area (Å²) in [6, 6.07) is 13.2. The van der Waals surface area contributed by atoms with Gasteiger partial charge in [-0.1, -0.05) is 35.9 Å². The van der Waals surface area contributed by atoms with Crippen LogP contribution in [0.25, 0.3) is 5.69 Å². The third-order valence-corrected chi connectivity index (χ3v) is 6.82. The number of para-hydroxylation sites is 2. The second-order valence-corrected chi connectivity index (χ2v) is 8.80. The van der Waals surface area contributed by atoms with Crippen molar-refractivity contribution in [3.63, 3.8) is 0 Å². The number of nitrogens with one attached hydrogen (secondary N) is 1. The number of anilines is 1. The molecule has 1 amide bonds. The number of halogens is 1. The molecule has 4 rings (SSSR count). The van der Waals surface area contributed by atoms with E-state index in [1.807, 2.05) is 50.2 Å². The van der Waals surface area contributed by atoms with Crippen molar-refractivity contribution in [2.75, 3.05) is 19.5 Å². The van der Waals surface area contributed by atoms with Crippen LogP contribution in [-0.2, 0) is 4.79 Å². The quantitative estimate of drug-likeness (QED) is 0.613. The number of hydrogen-bond donors (Lipinski definition) is 1. The molecule has 0 aliphatic carbocycles. The number of fused-ring (bicyclic) bond motifs is 1. The molecule has 30 heavy (non-hydrogen) atoms. The van der Waals surface area contributed by atoms with Gasteiger partial charge >= 0.3 is 0 Å². The minimum Gasteiger partial charge on any atom is -0.493 e. The Kier molecular flexibility index (Phi) is 5.66. The molecular weight excluding hydrogens is 422 g/mol. The summed E-state index contributed by atoms with van der Waals surface area (Å²) in [4.78, 5) is 12.8. The summed E-state index contributed by atoms with van der Waals surface area (Å²) < 4.78 is 12.9. The predicted molar refractivity (Wildman–Crippen MR) is 120 cm³/mol. The SMILES string of the molecule is COc1cccc([C@@H]2S[C@@H](C)C(=O)Nc3c2c(C)nn3-c2ccccc2Cl)c1OC. The zero-order chi connectivity index (χ0) is 21.4.